The maximum absolute atomic E-state index is 12.9. The lowest BCUT2D eigenvalue weighted by Gasteiger charge is -2.37. The molecule has 0 bridgehead atoms. The summed E-state index contributed by atoms with van der Waals surface area (Å²) in [5.74, 6) is 0. The number of anilines is 1. The predicted octanol–water partition coefficient (Wildman–Crippen LogP) is 5.44. The summed E-state index contributed by atoms with van der Waals surface area (Å²) in [7, 11) is 0. The van der Waals surface area contributed by atoms with Crippen LogP contribution in [-0.2, 0) is 5.41 Å². The first-order valence-corrected chi connectivity index (χ1v) is 9.89. The molecule has 0 radical (unpaired) electrons. The Morgan fingerprint density at radius 3 is 2.10 bits per heavy atom. The highest BCUT2D eigenvalue weighted by Crippen LogP contribution is 2.35. The van der Waals surface area contributed by atoms with Gasteiger partial charge in [-0.05, 0) is 30.0 Å². The normalized spacial score (nSPS) is 15.3. The Kier molecular flexibility index (Phi) is 5.31. The van der Waals surface area contributed by atoms with Crippen LogP contribution in [0.1, 0.15) is 18.4 Å². The summed E-state index contributed by atoms with van der Waals surface area (Å²) in [4.78, 5) is 14.7. The summed E-state index contributed by atoms with van der Waals surface area (Å²) < 4.78 is 0. The van der Waals surface area contributed by atoms with Gasteiger partial charge >= 0.3 is 6.03 Å². The second-order valence-corrected chi connectivity index (χ2v) is 7.39. The first kappa shape index (κ1) is 18.8. The van der Waals surface area contributed by atoms with Crippen molar-refractivity contribution in [3.05, 3.63) is 90.5 Å². The largest absolute Gasteiger partial charge is 0.324 e. The number of amides is 2. The molecule has 0 saturated carbocycles. The van der Waals surface area contributed by atoms with E-state index in [1.54, 1.807) is 4.90 Å². The SMILES string of the molecule is N#CC1(c2ccccc2)CCN(C(=O)Nc2ccccc2-c2ccccc2)CC1. The summed E-state index contributed by atoms with van der Waals surface area (Å²) >= 11 is 0. The quantitative estimate of drug-likeness (QED) is 0.656. The number of para-hydroxylation sites is 1. The van der Waals surface area contributed by atoms with Crippen LogP contribution >= 0.6 is 0 Å². The van der Waals surface area contributed by atoms with Gasteiger partial charge in [0.1, 0.15) is 0 Å². The molecular weight excluding hydrogens is 358 g/mol. The molecule has 1 aliphatic heterocycles. The molecule has 1 saturated heterocycles. The molecule has 2 amide bonds. The zero-order valence-electron chi connectivity index (χ0n) is 16.2. The summed E-state index contributed by atoms with van der Waals surface area (Å²) in [6, 6.07) is 30.2. The third kappa shape index (κ3) is 3.86. The van der Waals surface area contributed by atoms with Crippen molar-refractivity contribution in [3.63, 3.8) is 0 Å². The monoisotopic (exact) mass is 381 g/mol. The average Bonchev–Trinajstić information content (AvgIpc) is 2.80. The van der Waals surface area contributed by atoms with E-state index in [0.717, 1.165) is 22.4 Å². The summed E-state index contributed by atoms with van der Waals surface area (Å²) in [5.41, 5.74) is 3.38. The first-order valence-electron chi connectivity index (χ1n) is 9.89. The summed E-state index contributed by atoms with van der Waals surface area (Å²) in [5, 5.41) is 12.9. The van der Waals surface area contributed by atoms with Crippen LogP contribution in [-0.4, -0.2) is 24.0 Å². The fourth-order valence-corrected chi connectivity index (χ4v) is 3.97. The van der Waals surface area contributed by atoms with Crippen LogP contribution in [0.25, 0.3) is 11.1 Å². The predicted molar refractivity (Wildman–Crippen MR) is 115 cm³/mol. The fourth-order valence-electron chi connectivity index (χ4n) is 3.97. The van der Waals surface area contributed by atoms with E-state index in [9.17, 15) is 10.1 Å². The number of nitrogens with one attached hydrogen (secondary N) is 1. The van der Waals surface area contributed by atoms with Gasteiger partial charge in [0.25, 0.3) is 0 Å². The minimum Gasteiger partial charge on any atom is -0.324 e. The number of hydrogen-bond donors (Lipinski definition) is 1. The van der Waals surface area contributed by atoms with Gasteiger partial charge in [-0.15, -0.1) is 0 Å². The standard InChI is InChI=1S/C25H23N3O/c26-19-25(21-11-5-2-6-12-21)15-17-28(18-16-25)24(29)27-23-14-8-7-13-22(23)20-9-3-1-4-10-20/h1-14H,15-18H2,(H,27,29). The average molecular weight is 381 g/mol. The van der Waals surface area contributed by atoms with Crippen LogP contribution in [0.4, 0.5) is 10.5 Å². The van der Waals surface area contributed by atoms with Crippen LogP contribution in [0, 0.1) is 11.3 Å². The Bertz CT molecular complexity index is 1020. The molecule has 4 rings (SSSR count). The number of piperidine rings is 1. The number of benzene rings is 3. The van der Waals surface area contributed by atoms with E-state index < -0.39 is 5.41 Å². The van der Waals surface area contributed by atoms with Gasteiger partial charge in [0.2, 0.25) is 0 Å². The number of likely N-dealkylation sites (tertiary alicyclic amines) is 1. The molecule has 3 aromatic rings. The fraction of sp³-hybridized carbons (Fsp3) is 0.200. The molecule has 0 aromatic heterocycles. The molecule has 4 nitrogen and oxygen atoms in total. The van der Waals surface area contributed by atoms with Gasteiger partial charge in [-0.25, -0.2) is 4.79 Å². The lowest BCUT2D eigenvalue weighted by molar-refractivity contribution is 0.183. The number of nitriles is 1. The van der Waals surface area contributed by atoms with Gasteiger partial charge in [0.05, 0.1) is 17.2 Å². The Morgan fingerprint density at radius 1 is 0.862 bits per heavy atom. The van der Waals surface area contributed by atoms with Gasteiger partial charge in [0, 0.05) is 18.7 Å². The minimum atomic E-state index is -0.514. The lowest BCUT2D eigenvalue weighted by atomic mass is 9.74. The summed E-state index contributed by atoms with van der Waals surface area (Å²) in [6.07, 6.45) is 1.28. The topological polar surface area (TPSA) is 56.1 Å². The number of urea groups is 1. The van der Waals surface area contributed by atoms with Crippen LogP contribution in [0.2, 0.25) is 0 Å². The molecule has 3 aromatic carbocycles. The van der Waals surface area contributed by atoms with E-state index >= 15 is 0 Å². The Balaban J connectivity index is 1.47. The zero-order chi connectivity index (χ0) is 20.1. The summed E-state index contributed by atoms with van der Waals surface area (Å²) in [6.45, 7) is 1.11. The second-order valence-electron chi connectivity index (χ2n) is 7.39. The maximum atomic E-state index is 12.9. The zero-order valence-corrected chi connectivity index (χ0v) is 16.2. The Morgan fingerprint density at radius 2 is 1.45 bits per heavy atom. The van der Waals surface area contributed by atoms with Crippen molar-refractivity contribution >= 4 is 11.7 Å². The number of carbonyl (C=O) groups excluding carboxylic acids is 1. The van der Waals surface area contributed by atoms with E-state index in [1.165, 1.54) is 0 Å². The molecule has 0 unspecified atom stereocenters. The van der Waals surface area contributed by atoms with E-state index in [1.807, 2.05) is 84.9 Å². The minimum absolute atomic E-state index is 0.118. The molecule has 1 fully saturated rings. The smallest absolute Gasteiger partial charge is 0.321 e. The van der Waals surface area contributed by atoms with Gasteiger partial charge in [-0.2, -0.15) is 5.26 Å². The molecule has 144 valence electrons. The highest BCUT2D eigenvalue weighted by Gasteiger charge is 2.37. The molecule has 0 spiro atoms. The first-order chi connectivity index (χ1) is 14.2. The van der Waals surface area contributed by atoms with Crippen LogP contribution < -0.4 is 5.32 Å². The molecule has 1 N–H and O–H groups in total. The second kappa shape index (κ2) is 8.20. The van der Waals surface area contributed by atoms with E-state index in [2.05, 4.69) is 11.4 Å². The van der Waals surface area contributed by atoms with Crippen molar-refractivity contribution in [1.82, 2.24) is 4.90 Å². The highest BCUT2D eigenvalue weighted by molar-refractivity contribution is 5.94. The Hall–Kier alpha value is -3.58. The number of rotatable bonds is 3. The molecule has 1 heterocycles. The molecule has 4 heteroatoms. The Labute approximate surface area is 171 Å². The van der Waals surface area contributed by atoms with Crippen LogP contribution in [0.3, 0.4) is 0 Å². The molecule has 1 aliphatic rings. The van der Waals surface area contributed by atoms with Crippen molar-refractivity contribution in [2.24, 2.45) is 0 Å². The van der Waals surface area contributed by atoms with E-state index in [-0.39, 0.29) is 6.03 Å². The molecule has 0 aliphatic carbocycles. The third-order valence-corrected chi connectivity index (χ3v) is 5.70. The maximum Gasteiger partial charge on any atom is 0.321 e. The van der Waals surface area contributed by atoms with E-state index in [0.29, 0.717) is 25.9 Å². The van der Waals surface area contributed by atoms with Gasteiger partial charge < -0.3 is 10.2 Å². The van der Waals surface area contributed by atoms with Crippen LogP contribution in [0.5, 0.6) is 0 Å². The van der Waals surface area contributed by atoms with Crippen molar-refractivity contribution in [1.29, 1.82) is 5.26 Å². The van der Waals surface area contributed by atoms with Crippen molar-refractivity contribution in [3.8, 4) is 17.2 Å². The number of carbonyl (C=O) groups is 1. The third-order valence-electron chi connectivity index (χ3n) is 5.70. The molecule has 0 atom stereocenters. The number of hydrogen-bond acceptors (Lipinski definition) is 2. The lowest BCUT2D eigenvalue weighted by Crippen LogP contribution is -2.46. The molecule has 29 heavy (non-hydrogen) atoms. The van der Waals surface area contributed by atoms with Crippen LogP contribution in [0.15, 0.2) is 84.9 Å². The van der Waals surface area contributed by atoms with Crippen molar-refractivity contribution in [2.45, 2.75) is 18.3 Å². The highest BCUT2D eigenvalue weighted by atomic mass is 16.2. The molecular formula is C25H23N3O. The number of nitrogens with zero attached hydrogens (tertiary/aromatic N) is 2. The van der Waals surface area contributed by atoms with Crippen molar-refractivity contribution in [2.75, 3.05) is 18.4 Å². The van der Waals surface area contributed by atoms with E-state index in [4.69, 9.17) is 0 Å². The van der Waals surface area contributed by atoms with Gasteiger partial charge in [-0.3, -0.25) is 0 Å². The van der Waals surface area contributed by atoms with Crippen molar-refractivity contribution < 1.29 is 4.79 Å². The van der Waals surface area contributed by atoms with Gasteiger partial charge in [0.15, 0.2) is 0 Å². The van der Waals surface area contributed by atoms with Gasteiger partial charge in [-0.1, -0.05) is 78.9 Å².